The highest BCUT2D eigenvalue weighted by Gasteiger charge is 2.13. The fourth-order valence-corrected chi connectivity index (χ4v) is 2.07. The van der Waals surface area contributed by atoms with Crippen LogP contribution in [0.1, 0.15) is 13.8 Å². The van der Waals surface area contributed by atoms with Crippen molar-refractivity contribution in [2.45, 2.75) is 19.9 Å². The topological polar surface area (TPSA) is 74.3 Å². The van der Waals surface area contributed by atoms with Crippen LogP contribution in [0.3, 0.4) is 0 Å². The Bertz CT molecular complexity index is 716. The number of hydrogen-bond acceptors (Lipinski definition) is 4. The van der Waals surface area contributed by atoms with E-state index in [1.54, 1.807) is 31.0 Å². The summed E-state index contributed by atoms with van der Waals surface area (Å²) in [5, 5.41) is 6.32. The Kier molecular flexibility index (Phi) is 5.76. The quantitative estimate of drug-likeness (QED) is 0.872. The van der Waals surface area contributed by atoms with Crippen LogP contribution in [0.2, 0.25) is 5.02 Å². The Morgan fingerprint density at radius 2 is 1.83 bits per heavy atom. The first-order valence-electron chi connectivity index (χ1n) is 7.40. The monoisotopic (exact) mass is 346 g/mol. The average Bonchev–Trinajstić information content (AvgIpc) is 2.56. The smallest absolute Gasteiger partial charge is 0.247 e. The van der Waals surface area contributed by atoms with Crippen molar-refractivity contribution in [3.8, 4) is 0 Å². The predicted octanol–water partition coefficient (Wildman–Crippen LogP) is 3.16. The highest BCUT2D eigenvalue weighted by Crippen LogP contribution is 2.18. The van der Waals surface area contributed by atoms with Crippen LogP contribution in [0.5, 0.6) is 0 Å². The van der Waals surface area contributed by atoms with Crippen molar-refractivity contribution >= 4 is 40.6 Å². The van der Waals surface area contributed by atoms with E-state index in [-0.39, 0.29) is 11.8 Å². The maximum atomic E-state index is 12.2. The molecule has 6 nitrogen and oxygen atoms in total. The number of benzene rings is 1. The lowest BCUT2D eigenvalue weighted by atomic mass is 10.2. The van der Waals surface area contributed by atoms with E-state index >= 15 is 0 Å². The predicted molar refractivity (Wildman–Crippen MR) is 96.5 cm³/mol. The maximum absolute atomic E-state index is 12.2. The second kappa shape index (κ2) is 7.79. The molecule has 7 heteroatoms. The van der Waals surface area contributed by atoms with E-state index in [4.69, 9.17) is 11.6 Å². The fraction of sp³-hybridized carbons (Fsp3) is 0.235. The highest BCUT2D eigenvalue weighted by atomic mass is 35.5. The van der Waals surface area contributed by atoms with Gasteiger partial charge in [0.2, 0.25) is 11.8 Å². The first-order valence-corrected chi connectivity index (χ1v) is 7.78. The molecule has 0 fully saturated rings. The van der Waals surface area contributed by atoms with Crippen molar-refractivity contribution in [3.05, 3.63) is 47.6 Å². The molecule has 1 heterocycles. The number of halogens is 1. The van der Waals surface area contributed by atoms with Crippen LogP contribution >= 0.6 is 11.6 Å². The van der Waals surface area contributed by atoms with E-state index in [0.717, 1.165) is 11.4 Å². The summed E-state index contributed by atoms with van der Waals surface area (Å²) in [5.74, 6) is 0.185. The average molecular weight is 347 g/mol. The van der Waals surface area contributed by atoms with Gasteiger partial charge in [-0.15, -0.1) is 0 Å². The van der Waals surface area contributed by atoms with Gasteiger partial charge in [0.15, 0.2) is 0 Å². The van der Waals surface area contributed by atoms with Crippen LogP contribution in [0, 0.1) is 0 Å². The molecule has 24 heavy (non-hydrogen) atoms. The van der Waals surface area contributed by atoms with E-state index < -0.39 is 6.04 Å². The van der Waals surface area contributed by atoms with Gasteiger partial charge in [-0.3, -0.25) is 9.59 Å². The van der Waals surface area contributed by atoms with E-state index in [1.165, 1.54) is 13.1 Å². The summed E-state index contributed by atoms with van der Waals surface area (Å²) in [6, 6.07) is 10.1. The molecule has 0 spiro atoms. The zero-order valence-electron chi connectivity index (χ0n) is 13.7. The number of anilines is 3. The third-order valence-corrected chi connectivity index (χ3v) is 3.71. The van der Waals surface area contributed by atoms with Crippen LogP contribution in [0.25, 0.3) is 0 Å². The summed E-state index contributed by atoms with van der Waals surface area (Å²) in [4.78, 5) is 29.1. The van der Waals surface area contributed by atoms with E-state index in [2.05, 4.69) is 15.6 Å². The first-order chi connectivity index (χ1) is 11.4. The molecule has 2 aromatic rings. The first kappa shape index (κ1) is 17.7. The van der Waals surface area contributed by atoms with Gasteiger partial charge in [0.05, 0.1) is 5.02 Å². The molecule has 1 aromatic carbocycles. The summed E-state index contributed by atoms with van der Waals surface area (Å²) in [6.07, 6.45) is 1.47. The number of rotatable bonds is 5. The second-order valence-electron chi connectivity index (χ2n) is 5.34. The van der Waals surface area contributed by atoms with Gasteiger partial charge in [-0.2, -0.15) is 0 Å². The van der Waals surface area contributed by atoms with Gasteiger partial charge in [-0.25, -0.2) is 4.98 Å². The van der Waals surface area contributed by atoms with Crippen LogP contribution in [0.4, 0.5) is 17.2 Å². The van der Waals surface area contributed by atoms with Crippen molar-refractivity contribution in [1.82, 2.24) is 4.98 Å². The van der Waals surface area contributed by atoms with Gasteiger partial charge in [-0.1, -0.05) is 11.6 Å². The van der Waals surface area contributed by atoms with Gasteiger partial charge < -0.3 is 15.5 Å². The fourth-order valence-electron chi connectivity index (χ4n) is 1.96. The Labute approximate surface area is 145 Å². The molecule has 0 saturated carbocycles. The number of carbonyl (C=O) groups is 2. The molecule has 1 atom stereocenters. The molecule has 2 N–H and O–H groups in total. The summed E-state index contributed by atoms with van der Waals surface area (Å²) in [7, 11) is 1.71. The summed E-state index contributed by atoms with van der Waals surface area (Å²) < 4.78 is 0. The molecule has 1 unspecified atom stereocenters. The van der Waals surface area contributed by atoms with Gasteiger partial charge in [-0.05, 0) is 43.3 Å². The zero-order chi connectivity index (χ0) is 17.7. The standard InChI is InChI=1S/C17H19ClN4O2/c1-11(17(24)21-16-9-4-13(18)10-19-16)20-14-5-7-15(8-6-14)22(3)12(2)23/h4-11,20H,1-3H3,(H,19,21,24). The normalized spacial score (nSPS) is 11.5. The number of hydrogen-bond donors (Lipinski definition) is 2. The molecule has 0 radical (unpaired) electrons. The Morgan fingerprint density at radius 3 is 2.38 bits per heavy atom. The van der Waals surface area contributed by atoms with Crippen molar-refractivity contribution < 1.29 is 9.59 Å². The third kappa shape index (κ3) is 4.70. The van der Waals surface area contributed by atoms with Gasteiger partial charge in [0, 0.05) is 31.5 Å². The molecule has 2 amide bonds. The summed E-state index contributed by atoms with van der Waals surface area (Å²) >= 11 is 5.76. The minimum absolute atomic E-state index is 0.0427. The zero-order valence-corrected chi connectivity index (χ0v) is 14.5. The van der Waals surface area contributed by atoms with Crippen LogP contribution in [-0.4, -0.2) is 29.9 Å². The van der Waals surface area contributed by atoms with Crippen molar-refractivity contribution in [2.24, 2.45) is 0 Å². The molecule has 126 valence electrons. The SMILES string of the molecule is CC(=O)N(C)c1ccc(NC(C)C(=O)Nc2ccc(Cl)cn2)cc1. The lowest BCUT2D eigenvalue weighted by molar-refractivity contribution is -0.117. The van der Waals surface area contributed by atoms with Crippen LogP contribution in [-0.2, 0) is 9.59 Å². The maximum Gasteiger partial charge on any atom is 0.247 e. The number of amides is 2. The number of carbonyl (C=O) groups excluding carboxylic acids is 2. The van der Waals surface area contributed by atoms with Crippen molar-refractivity contribution in [2.75, 3.05) is 22.6 Å². The Hall–Kier alpha value is -2.60. The Balaban J connectivity index is 1.95. The molecule has 0 bridgehead atoms. The number of nitrogens with zero attached hydrogens (tertiary/aromatic N) is 2. The molecule has 2 rings (SSSR count). The van der Waals surface area contributed by atoms with Crippen LogP contribution < -0.4 is 15.5 Å². The van der Waals surface area contributed by atoms with E-state index in [9.17, 15) is 9.59 Å². The van der Waals surface area contributed by atoms with Gasteiger partial charge in [0.1, 0.15) is 11.9 Å². The second-order valence-corrected chi connectivity index (χ2v) is 5.78. The van der Waals surface area contributed by atoms with Crippen LogP contribution in [0.15, 0.2) is 42.6 Å². The highest BCUT2D eigenvalue weighted by molar-refractivity contribution is 6.30. The molecular weight excluding hydrogens is 328 g/mol. The molecule has 0 aliphatic carbocycles. The molecule has 1 aromatic heterocycles. The number of nitrogens with one attached hydrogen (secondary N) is 2. The molecule has 0 aliphatic rings. The van der Waals surface area contributed by atoms with Gasteiger partial charge >= 0.3 is 0 Å². The van der Waals surface area contributed by atoms with E-state index in [1.807, 2.05) is 24.3 Å². The number of aromatic nitrogens is 1. The molecule has 0 saturated heterocycles. The Morgan fingerprint density at radius 1 is 1.17 bits per heavy atom. The lowest BCUT2D eigenvalue weighted by Crippen LogP contribution is -2.32. The third-order valence-electron chi connectivity index (χ3n) is 3.48. The molecule has 0 aliphatic heterocycles. The number of pyridine rings is 1. The minimum Gasteiger partial charge on any atom is -0.374 e. The largest absolute Gasteiger partial charge is 0.374 e. The summed E-state index contributed by atoms with van der Waals surface area (Å²) in [6.45, 7) is 3.25. The van der Waals surface area contributed by atoms with E-state index in [0.29, 0.717) is 10.8 Å². The van der Waals surface area contributed by atoms with Gasteiger partial charge in [0.25, 0.3) is 0 Å². The van der Waals surface area contributed by atoms with Crippen molar-refractivity contribution in [1.29, 1.82) is 0 Å². The van der Waals surface area contributed by atoms with Crippen molar-refractivity contribution in [3.63, 3.8) is 0 Å². The minimum atomic E-state index is -0.459. The summed E-state index contributed by atoms with van der Waals surface area (Å²) in [5.41, 5.74) is 1.57. The lowest BCUT2D eigenvalue weighted by Gasteiger charge is -2.17. The molecular formula is C17H19ClN4O2.